The third kappa shape index (κ3) is 4.99. The molecule has 0 fully saturated rings. The Balaban J connectivity index is 1.78. The SMILES string of the molecule is O[C@@H](CP(C[C@H](O)c1ccccc1)c1ccccc1)c1ccccc1. The van der Waals surface area contributed by atoms with E-state index in [1.807, 2.05) is 78.9 Å². The summed E-state index contributed by atoms with van der Waals surface area (Å²) in [6.07, 6.45) is 0.256. The molecule has 0 amide bonds. The Labute approximate surface area is 150 Å². The Morgan fingerprint density at radius 3 is 1.32 bits per heavy atom. The minimum absolute atomic E-state index is 0.518. The number of aliphatic hydroxyl groups is 2. The summed E-state index contributed by atoms with van der Waals surface area (Å²) in [5.74, 6) is 0. The van der Waals surface area contributed by atoms with Gasteiger partial charge in [0.15, 0.2) is 0 Å². The van der Waals surface area contributed by atoms with Gasteiger partial charge in [0.2, 0.25) is 0 Å². The van der Waals surface area contributed by atoms with E-state index in [1.54, 1.807) is 0 Å². The van der Waals surface area contributed by atoms with E-state index in [2.05, 4.69) is 12.1 Å². The van der Waals surface area contributed by atoms with Crippen molar-refractivity contribution in [2.24, 2.45) is 0 Å². The van der Waals surface area contributed by atoms with Gasteiger partial charge in [-0.25, -0.2) is 0 Å². The molecule has 0 aromatic heterocycles. The van der Waals surface area contributed by atoms with Crippen LogP contribution in [0.2, 0.25) is 0 Å². The van der Waals surface area contributed by atoms with Crippen LogP contribution in [0.1, 0.15) is 23.3 Å². The Hall–Kier alpha value is -1.99. The number of aliphatic hydroxyl groups excluding tert-OH is 2. The zero-order valence-corrected chi connectivity index (χ0v) is 15.0. The summed E-state index contributed by atoms with van der Waals surface area (Å²) in [6.45, 7) is 0. The van der Waals surface area contributed by atoms with Crippen molar-refractivity contribution in [1.82, 2.24) is 0 Å². The van der Waals surface area contributed by atoms with E-state index in [0.717, 1.165) is 11.1 Å². The van der Waals surface area contributed by atoms with E-state index in [-0.39, 0.29) is 0 Å². The van der Waals surface area contributed by atoms with Crippen molar-refractivity contribution in [3.05, 3.63) is 102 Å². The Morgan fingerprint density at radius 2 is 0.920 bits per heavy atom. The van der Waals surface area contributed by atoms with Crippen LogP contribution in [-0.2, 0) is 0 Å². The van der Waals surface area contributed by atoms with Crippen molar-refractivity contribution in [3.63, 3.8) is 0 Å². The van der Waals surface area contributed by atoms with E-state index >= 15 is 0 Å². The van der Waals surface area contributed by atoms with Gasteiger partial charge in [0.25, 0.3) is 0 Å². The second-order valence-electron chi connectivity index (χ2n) is 6.09. The summed E-state index contributed by atoms with van der Waals surface area (Å²) in [5, 5.41) is 22.6. The highest BCUT2D eigenvalue weighted by atomic mass is 31.1. The molecule has 0 aliphatic carbocycles. The summed E-state index contributed by atoms with van der Waals surface area (Å²) < 4.78 is 0. The van der Waals surface area contributed by atoms with Gasteiger partial charge in [-0.15, -0.1) is 0 Å². The Kier molecular flexibility index (Phi) is 6.36. The fraction of sp³-hybridized carbons (Fsp3) is 0.182. The average Bonchev–Trinajstić information content (AvgIpc) is 2.69. The molecule has 0 aliphatic rings. The van der Waals surface area contributed by atoms with Crippen LogP contribution in [0.4, 0.5) is 0 Å². The van der Waals surface area contributed by atoms with E-state index in [4.69, 9.17) is 0 Å². The van der Waals surface area contributed by atoms with Gasteiger partial charge in [-0.1, -0.05) is 98.9 Å². The normalized spacial score (nSPS) is 13.6. The molecule has 0 spiro atoms. The van der Waals surface area contributed by atoms with Crippen LogP contribution >= 0.6 is 7.92 Å². The molecule has 0 unspecified atom stereocenters. The highest BCUT2D eigenvalue weighted by Crippen LogP contribution is 2.42. The molecular formula is C22H23O2P. The number of hydrogen-bond donors (Lipinski definition) is 2. The molecule has 0 heterocycles. The molecule has 0 saturated carbocycles. The maximum atomic E-state index is 10.7. The van der Waals surface area contributed by atoms with Crippen molar-refractivity contribution < 1.29 is 10.2 Å². The first-order chi connectivity index (χ1) is 12.2. The molecule has 128 valence electrons. The second kappa shape index (κ2) is 8.92. The fourth-order valence-electron chi connectivity index (χ4n) is 2.90. The summed E-state index contributed by atoms with van der Waals surface area (Å²) in [5.41, 5.74) is 1.86. The minimum Gasteiger partial charge on any atom is -0.388 e. The van der Waals surface area contributed by atoms with Gasteiger partial charge in [0.05, 0.1) is 12.2 Å². The monoisotopic (exact) mass is 350 g/mol. The molecule has 3 rings (SSSR count). The summed E-state index contributed by atoms with van der Waals surface area (Å²) in [7, 11) is -0.682. The second-order valence-corrected chi connectivity index (χ2v) is 8.42. The van der Waals surface area contributed by atoms with Crippen LogP contribution in [0.15, 0.2) is 91.0 Å². The lowest BCUT2D eigenvalue weighted by molar-refractivity contribution is 0.196. The predicted molar refractivity (Wildman–Crippen MR) is 106 cm³/mol. The van der Waals surface area contributed by atoms with E-state index in [9.17, 15) is 10.2 Å². The van der Waals surface area contributed by atoms with Crippen molar-refractivity contribution in [3.8, 4) is 0 Å². The van der Waals surface area contributed by atoms with Crippen molar-refractivity contribution in [1.29, 1.82) is 0 Å². The van der Waals surface area contributed by atoms with Gasteiger partial charge in [0.1, 0.15) is 0 Å². The quantitative estimate of drug-likeness (QED) is 0.625. The van der Waals surface area contributed by atoms with Crippen molar-refractivity contribution in [2.45, 2.75) is 12.2 Å². The first-order valence-corrected chi connectivity index (χ1v) is 10.2. The smallest absolute Gasteiger partial charge is 0.0832 e. The van der Waals surface area contributed by atoms with Crippen LogP contribution in [0.3, 0.4) is 0 Å². The van der Waals surface area contributed by atoms with Gasteiger partial charge in [-0.05, 0) is 16.4 Å². The zero-order chi connectivity index (χ0) is 17.5. The molecule has 0 radical (unpaired) electrons. The molecule has 3 heteroatoms. The number of benzene rings is 3. The molecule has 2 atom stereocenters. The van der Waals surface area contributed by atoms with Crippen LogP contribution < -0.4 is 5.30 Å². The third-order valence-corrected chi connectivity index (χ3v) is 6.88. The zero-order valence-electron chi connectivity index (χ0n) is 14.1. The molecule has 0 bridgehead atoms. The van der Waals surface area contributed by atoms with E-state index in [0.29, 0.717) is 12.3 Å². The predicted octanol–water partition coefficient (Wildman–Crippen LogP) is 4.26. The maximum Gasteiger partial charge on any atom is 0.0832 e. The lowest BCUT2D eigenvalue weighted by Crippen LogP contribution is -2.15. The summed E-state index contributed by atoms with van der Waals surface area (Å²) in [4.78, 5) is 0. The largest absolute Gasteiger partial charge is 0.388 e. The van der Waals surface area contributed by atoms with Crippen LogP contribution in [0.5, 0.6) is 0 Å². The van der Waals surface area contributed by atoms with E-state index in [1.165, 1.54) is 5.30 Å². The Bertz CT molecular complexity index is 699. The van der Waals surface area contributed by atoms with Gasteiger partial charge in [-0.3, -0.25) is 0 Å². The van der Waals surface area contributed by atoms with E-state index < -0.39 is 20.1 Å². The Morgan fingerprint density at radius 1 is 0.560 bits per heavy atom. The molecule has 3 aromatic carbocycles. The molecule has 25 heavy (non-hydrogen) atoms. The molecule has 2 N–H and O–H groups in total. The average molecular weight is 350 g/mol. The van der Waals surface area contributed by atoms with Crippen molar-refractivity contribution in [2.75, 3.05) is 12.3 Å². The van der Waals surface area contributed by atoms with Gasteiger partial charge >= 0.3 is 0 Å². The van der Waals surface area contributed by atoms with Crippen LogP contribution in [0, 0.1) is 0 Å². The topological polar surface area (TPSA) is 40.5 Å². The molecule has 3 aromatic rings. The maximum absolute atomic E-state index is 10.7. The first-order valence-electron chi connectivity index (χ1n) is 8.50. The highest BCUT2D eigenvalue weighted by molar-refractivity contribution is 7.65. The standard InChI is InChI=1S/C22H23O2P/c23-21(18-10-4-1-5-11-18)16-25(20-14-8-3-9-15-20)17-22(24)19-12-6-2-7-13-19/h1-15,21-24H,16-17H2/t21-,22-/m0/s1. The molecule has 2 nitrogen and oxygen atoms in total. The fourth-order valence-corrected chi connectivity index (χ4v) is 5.32. The molecule has 0 saturated heterocycles. The lowest BCUT2D eigenvalue weighted by atomic mass is 10.1. The molecular weight excluding hydrogens is 327 g/mol. The van der Waals surface area contributed by atoms with Gasteiger partial charge in [0, 0.05) is 12.3 Å². The van der Waals surface area contributed by atoms with Crippen LogP contribution in [-0.4, -0.2) is 22.5 Å². The van der Waals surface area contributed by atoms with Crippen LogP contribution in [0.25, 0.3) is 0 Å². The summed E-state index contributed by atoms with van der Waals surface area (Å²) in [6, 6.07) is 29.8. The summed E-state index contributed by atoms with van der Waals surface area (Å²) >= 11 is 0. The minimum atomic E-state index is -0.682. The van der Waals surface area contributed by atoms with Gasteiger partial charge in [-0.2, -0.15) is 0 Å². The number of hydrogen-bond acceptors (Lipinski definition) is 2. The lowest BCUT2D eigenvalue weighted by Gasteiger charge is -2.24. The van der Waals surface area contributed by atoms with Crippen molar-refractivity contribution >= 4 is 13.2 Å². The first kappa shape index (κ1) is 17.8. The molecule has 0 aliphatic heterocycles. The number of rotatable bonds is 7. The van der Waals surface area contributed by atoms with Gasteiger partial charge < -0.3 is 10.2 Å². The third-order valence-electron chi connectivity index (χ3n) is 4.28. The highest BCUT2D eigenvalue weighted by Gasteiger charge is 2.21.